The molecule has 0 unspecified atom stereocenters. The summed E-state index contributed by atoms with van der Waals surface area (Å²) in [6.45, 7) is 0. The molecule has 0 aliphatic heterocycles. The Hall–Kier alpha value is -8.77. The smallest absolute Gasteiger partial charge is 0.164 e. The quantitative estimate of drug-likeness (QED) is 0.153. The molecule has 0 spiro atoms. The van der Waals surface area contributed by atoms with E-state index in [0.717, 1.165) is 77.6 Å². The molecule has 0 N–H and O–H groups in total. The number of hydrogen-bond donors (Lipinski definition) is 0. The average Bonchev–Trinajstić information content (AvgIpc) is 4.00. The Kier molecular flexibility index (Phi) is 9.66. The van der Waals surface area contributed by atoms with Crippen LogP contribution in [0.15, 0.2) is 241 Å². The third-order valence-corrected chi connectivity index (χ3v) is 14.2. The number of hydrogen-bond acceptors (Lipinski definition) is 5. The van der Waals surface area contributed by atoms with Crippen LogP contribution in [-0.2, 0) is 0 Å². The van der Waals surface area contributed by atoms with Gasteiger partial charge in [-0.2, -0.15) is 0 Å². The van der Waals surface area contributed by atoms with E-state index in [0.29, 0.717) is 17.5 Å². The molecule has 5 heteroatoms. The fourth-order valence-corrected chi connectivity index (χ4v) is 10.9. The van der Waals surface area contributed by atoms with Gasteiger partial charge in [0, 0.05) is 53.2 Å². The zero-order valence-corrected chi connectivity index (χ0v) is 37.5. The van der Waals surface area contributed by atoms with Crippen LogP contribution >= 0.6 is 11.3 Å². The lowest BCUT2D eigenvalue weighted by Crippen LogP contribution is -2.01. The first kappa shape index (κ1) is 39.6. The fourth-order valence-electron chi connectivity index (χ4n) is 9.68. The summed E-state index contributed by atoms with van der Waals surface area (Å²) < 4.78 is 9.09. The topological polar surface area (TPSA) is 51.8 Å². The molecular weight excluding hydrogens is 847 g/mol. The van der Waals surface area contributed by atoms with Crippen LogP contribution in [0.2, 0.25) is 0 Å². The van der Waals surface area contributed by atoms with Crippen molar-refractivity contribution in [3.8, 4) is 89.8 Å². The number of aromatic nitrogens is 3. The molecule has 3 heterocycles. The molecular formula is C63H39N3OS. The van der Waals surface area contributed by atoms with Crippen molar-refractivity contribution < 1.29 is 4.42 Å². The first-order valence-electron chi connectivity index (χ1n) is 22.8. The molecule has 0 aliphatic carbocycles. The van der Waals surface area contributed by atoms with E-state index in [1.54, 1.807) is 0 Å². The van der Waals surface area contributed by atoms with Gasteiger partial charge >= 0.3 is 0 Å². The van der Waals surface area contributed by atoms with Gasteiger partial charge in [0.2, 0.25) is 0 Å². The van der Waals surface area contributed by atoms with Gasteiger partial charge in [-0.05, 0) is 98.6 Å². The van der Waals surface area contributed by atoms with E-state index in [4.69, 9.17) is 19.4 Å². The first-order valence-corrected chi connectivity index (χ1v) is 23.6. The molecule has 0 bridgehead atoms. The maximum Gasteiger partial charge on any atom is 0.164 e. The van der Waals surface area contributed by atoms with Gasteiger partial charge in [0.1, 0.15) is 11.2 Å². The zero-order valence-electron chi connectivity index (χ0n) is 36.7. The van der Waals surface area contributed by atoms with Crippen molar-refractivity contribution in [2.45, 2.75) is 0 Å². The maximum absolute atomic E-state index is 6.53. The van der Waals surface area contributed by atoms with E-state index in [1.807, 2.05) is 47.7 Å². The maximum atomic E-state index is 6.53. The van der Waals surface area contributed by atoms with Crippen molar-refractivity contribution >= 4 is 53.4 Å². The largest absolute Gasteiger partial charge is 0.456 e. The van der Waals surface area contributed by atoms with Gasteiger partial charge in [-0.15, -0.1) is 11.3 Å². The van der Waals surface area contributed by atoms with Crippen molar-refractivity contribution in [2.75, 3.05) is 0 Å². The van der Waals surface area contributed by atoms with Crippen LogP contribution in [0.25, 0.3) is 132 Å². The van der Waals surface area contributed by atoms with Crippen LogP contribution < -0.4 is 0 Å². The van der Waals surface area contributed by atoms with E-state index in [9.17, 15) is 0 Å². The Bertz CT molecular complexity index is 4030. The van der Waals surface area contributed by atoms with Gasteiger partial charge in [0.05, 0.1) is 0 Å². The molecule has 0 atom stereocenters. The summed E-state index contributed by atoms with van der Waals surface area (Å²) in [5, 5.41) is 4.53. The van der Waals surface area contributed by atoms with Crippen LogP contribution in [0.1, 0.15) is 0 Å². The predicted octanol–water partition coefficient (Wildman–Crippen LogP) is 17.5. The van der Waals surface area contributed by atoms with E-state index >= 15 is 0 Å². The minimum absolute atomic E-state index is 0.571. The summed E-state index contributed by atoms with van der Waals surface area (Å²) in [7, 11) is 0. The molecule has 0 aliphatic rings. The zero-order chi connectivity index (χ0) is 45.0. The molecule has 13 aromatic rings. The molecule has 13 rings (SSSR count). The van der Waals surface area contributed by atoms with Gasteiger partial charge in [-0.25, -0.2) is 15.0 Å². The standard InChI is InChI=1S/C63H39N3OS/c1-4-17-40(18-5-1)43-23-14-24-44(35-43)46-36-47(49-25-10-11-26-50(49)52-28-15-29-53-51-27-12-13-32-58(51)68-60(52)53)38-48(37-46)62-64-61(42-21-8-3-9-22-42)65-63(66-62)54-30-16-31-57-59(54)55-39-45(33-34-56(55)67-57)41-19-6-2-7-20-41/h1-39H. The molecule has 0 amide bonds. The Morgan fingerprint density at radius 1 is 0.279 bits per heavy atom. The number of nitrogens with zero attached hydrogens (tertiary/aromatic N) is 3. The van der Waals surface area contributed by atoms with Gasteiger partial charge in [0.25, 0.3) is 0 Å². The van der Waals surface area contributed by atoms with E-state index in [2.05, 4.69) is 200 Å². The Morgan fingerprint density at radius 2 is 0.794 bits per heavy atom. The number of fused-ring (bicyclic) bond motifs is 6. The second-order valence-electron chi connectivity index (χ2n) is 17.1. The van der Waals surface area contributed by atoms with Crippen LogP contribution in [0.4, 0.5) is 0 Å². The summed E-state index contributed by atoms with van der Waals surface area (Å²) >= 11 is 1.85. The van der Waals surface area contributed by atoms with Crippen LogP contribution in [0.5, 0.6) is 0 Å². The van der Waals surface area contributed by atoms with Crippen molar-refractivity contribution in [1.82, 2.24) is 15.0 Å². The molecule has 0 saturated heterocycles. The molecule has 318 valence electrons. The lowest BCUT2D eigenvalue weighted by molar-refractivity contribution is 0.669. The SMILES string of the molecule is c1ccc(-c2cccc(-c3cc(-c4nc(-c5ccccc5)nc(-c5cccc6oc7ccc(-c8ccccc8)cc7c56)n4)cc(-c4ccccc4-c4cccc5c4sc4ccccc45)c3)c2)cc1. The summed E-state index contributed by atoms with van der Waals surface area (Å²) in [5.41, 5.74) is 15.5. The predicted molar refractivity (Wildman–Crippen MR) is 283 cm³/mol. The van der Waals surface area contributed by atoms with E-state index in [1.165, 1.54) is 36.9 Å². The highest BCUT2D eigenvalue weighted by molar-refractivity contribution is 7.26. The minimum atomic E-state index is 0.571. The highest BCUT2D eigenvalue weighted by atomic mass is 32.1. The number of benzene rings is 10. The van der Waals surface area contributed by atoms with Crippen LogP contribution in [-0.4, -0.2) is 15.0 Å². The summed E-state index contributed by atoms with van der Waals surface area (Å²) in [6.07, 6.45) is 0. The van der Waals surface area contributed by atoms with E-state index < -0.39 is 0 Å². The van der Waals surface area contributed by atoms with Crippen molar-refractivity contribution in [2.24, 2.45) is 0 Å². The van der Waals surface area contributed by atoms with Gasteiger partial charge < -0.3 is 4.42 Å². The molecule has 0 radical (unpaired) electrons. The molecule has 10 aromatic carbocycles. The molecule has 0 saturated carbocycles. The Balaban J connectivity index is 1.05. The van der Waals surface area contributed by atoms with Gasteiger partial charge in [0.15, 0.2) is 17.5 Å². The molecule has 0 fully saturated rings. The van der Waals surface area contributed by atoms with Crippen molar-refractivity contribution in [1.29, 1.82) is 0 Å². The highest BCUT2D eigenvalue weighted by Crippen LogP contribution is 2.45. The van der Waals surface area contributed by atoms with E-state index in [-0.39, 0.29) is 0 Å². The summed E-state index contributed by atoms with van der Waals surface area (Å²) in [4.78, 5) is 16.0. The summed E-state index contributed by atoms with van der Waals surface area (Å²) in [5.74, 6) is 1.74. The number of furan rings is 1. The molecule has 4 nitrogen and oxygen atoms in total. The highest BCUT2D eigenvalue weighted by Gasteiger charge is 2.21. The minimum Gasteiger partial charge on any atom is -0.456 e. The monoisotopic (exact) mass is 885 g/mol. The third kappa shape index (κ3) is 7.05. The molecule has 68 heavy (non-hydrogen) atoms. The summed E-state index contributed by atoms with van der Waals surface area (Å²) in [6, 6.07) is 83.6. The first-order chi connectivity index (χ1) is 33.7. The third-order valence-electron chi connectivity index (χ3n) is 12.9. The lowest BCUT2D eigenvalue weighted by atomic mass is 9.90. The van der Waals surface area contributed by atoms with Gasteiger partial charge in [-0.3, -0.25) is 0 Å². The fraction of sp³-hybridized carbons (Fsp3) is 0. The second-order valence-corrected chi connectivity index (χ2v) is 18.2. The van der Waals surface area contributed by atoms with Gasteiger partial charge in [-0.1, -0.05) is 188 Å². The number of rotatable bonds is 8. The Morgan fingerprint density at radius 3 is 1.57 bits per heavy atom. The number of thiophene rings is 1. The van der Waals surface area contributed by atoms with Crippen LogP contribution in [0, 0.1) is 0 Å². The van der Waals surface area contributed by atoms with Crippen LogP contribution in [0.3, 0.4) is 0 Å². The Labute approximate surface area is 397 Å². The lowest BCUT2D eigenvalue weighted by Gasteiger charge is -2.16. The second kappa shape index (κ2) is 16.6. The average molecular weight is 886 g/mol. The van der Waals surface area contributed by atoms with Crippen molar-refractivity contribution in [3.63, 3.8) is 0 Å². The normalized spacial score (nSPS) is 11.5. The molecule has 3 aromatic heterocycles. The van der Waals surface area contributed by atoms with Crippen molar-refractivity contribution in [3.05, 3.63) is 237 Å².